The second-order valence-corrected chi connectivity index (χ2v) is 6.02. The first-order chi connectivity index (χ1) is 10.2. The van der Waals surface area contributed by atoms with E-state index in [0.29, 0.717) is 0 Å². The zero-order valence-electron chi connectivity index (χ0n) is 12.9. The van der Waals surface area contributed by atoms with Crippen molar-refractivity contribution in [2.45, 2.75) is 46.2 Å². The quantitative estimate of drug-likeness (QED) is 0.828. The molecule has 4 nitrogen and oxygen atoms in total. The van der Waals surface area contributed by atoms with Crippen LogP contribution in [0.1, 0.15) is 43.3 Å². The van der Waals surface area contributed by atoms with E-state index in [9.17, 15) is 0 Å². The predicted octanol–water partition coefficient (Wildman–Crippen LogP) is 3.65. The molecule has 0 saturated heterocycles. The lowest BCUT2D eigenvalue weighted by molar-refractivity contribution is 0.497. The van der Waals surface area contributed by atoms with Gasteiger partial charge in [-0.2, -0.15) is 5.10 Å². The van der Waals surface area contributed by atoms with Crippen LogP contribution < -0.4 is 5.32 Å². The van der Waals surface area contributed by atoms with Gasteiger partial charge in [0.15, 0.2) is 0 Å². The second kappa shape index (κ2) is 7.71. The molecule has 0 spiro atoms. The molecule has 0 amide bonds. The maximum absolute atomic E-state index is 4.43. The summed E-state index contributed by atoms with van der Waals surface area (Å²) in [6.07, 6.45) is 3.57. The third kappa shape index (κ3) is 3.92. The number of hydrogen-bond donors (Lipinski definition) is 1. The van der Waals surface area contributed by atoms with E-state index in [0.717, 1.165) is 36.2 Å². The molecule has 1 atom stereocenters. The minimum absolute atomic E-state index is 0.257. The van der Waals surface area contributed by atoms with Gasteiger partial charge in [-0.25, -0.2) is 4.98 Å². The van der Waals surface area contributed by atoms with Crippen LogP contribution in [0.2, 0.25) is 0 Å². The second-order valence-electron chi connectivity index (χ2n) is 5.17. The average molecular weight is 351 g/mol. The summed E-state index contributed by atoms with van der Waals surface area (Å²) < 4.78 is 3.16. The van der Waals surface area contributed by atoms with Crippen molar-refractivity contribution in [3.05, 3.63) is 46.0 Å². The fourth-order valence-electron chi connectivity index (χ4n) is 2.57. The summed E-state index contributed by atoms with van der Waals surface area (Å²) in [5, 5.41) is 7.89. The zero-order chi connectivity index (χ0) is 15.2. The molecule has 0 aliphatic heterocycles. The van der Waals surface area contributed by atoms with Gasteiger partial charge >= 0.3 is 0 Å². The van der Waals surface area contributed by atoms with Crippen molar-refractivity contribution in [1.82, 2.24) is 20.1 Å². The predicted molar refractivity (Wildman–Crippen MR) is 89.3 cm³/mol. The van der Waals surface area contributed by atoms with Gasteiger partial charge in [0.25, 0.3) is 0 Å². The third-order valence-corrected chi connectivity index (χ3v) is 4.51. The average Bonchev–Trinajstić information content (AvgIpc) is 2.89. The van der Waals surface area contributed by atoms with E-state index in [1.54, 1.807) is 6.33 Å². The van der Waals surface area contributed by atoms with Gasteiger partial charge in [-0.3, -0.25) is 4.68 Å². The molecule has 1 aromatic heterocycles. The highest BCUT2D eigenvalue weighted by molar-refractivity contribution is 9.10. The SMILES string of the molecule is CCCn1ncnc1CC(NCC)c1cccc(Br)c1C. The number of benzene rings is 1. The first kappa shape index (κ1) is 16.2. The van der Waals surface area contributed by atoms with Gasteiger partial charge in [-0.15, -0.1) is 0 Å². The van der Waals surface area contributed by atoms with E-state index in [1.165, 1.54) is 11.1 Å². The molecule has 0 radical (unpaired) electrons. The maximum Gasteiger partial charge on any atom is 0.138 e. The Morgan fingerprint density at radius 3 is 2.86 bits per heavy atom. The smallest absolute Gasteiger partial charge is 0.138 e. The van der Waals surface area contributed by atoms with Gasteiger partial charge < -0.3 is 5.32 Å². The molecule has 0 aliphatic carbocycles. The summed E-state index contributed by atoms with van der Waals surface area (Å²) in [5.74, 6) is 1.04. The van der Waals surface area contributed by atoms with Crippen molar-refractivity contribution in [2.75, 3.05) is 6.54 Å². The molecule has 1 aromatic carbocycles. The summed E-state index contributed by atoms with van der Waals surface area (Å²) in [5.41, 5.74) is 2.60. The van der Waals surface area contributed by atoms with Crippen molar-refractivity contribution >= 4 is 15.9 Å². The lowest BCUT2D eigenvalue weighted by Gasteiger charge is -2.21. The van der Waals surface area contributed by atoms with E-state index < -0.39 is 0 Å². The molecule has 2 aromatic rings. The van der Waals surface area contributed by atoms with Crippen LogP contribution in [-0.2, 0) is 13.0 Å². The van der Waals surface area contributed by atoms with Crippen LogP contribution in [0.15, 0.2) is 29.0 Å². The summed E-state index contributed by atoms with van der Waals surface area (Å²) in [7, 11) is 0. The van der Waals surface area contributed by atoms with E-state index in [2.05, 4.69) is 70.3 Å². The third-order valence-electron chi connectivity index (χ3n) is 3.65. The number of nitrogens with one attached hydrogen (secondary N) is 1. The normalized spacial score (nSPS) is 12.6. The van der Waals surface area contributed by atoms with Gasteiger partial charge in [-0.1, -0.05) is 41.9 Å². The Hall–Kier alpha value is -1.20. The molecule has 0 saturated carbocycles. The van der Waals surface area contributed by atoms with Crippen LogP contribution in [0.3, 0.4) is 0 Å². The van der Waals surface area contributed by atoms with Crippen LogP contribution in [0.25, 0.3) is 0 Å². The van der Waals surface area contributed by atoms with Crippen LogP contribution in [0.4, 0.5) is 0 Å². The van der Waals surface area contributed by atoms with Gasteiger partial charge in [0, 0.05) is 23.5 Å². The van der Waals surface area contributed by atoms with E-state index in [1.807, 2.05) is 4.68 Å². The van der Waals surface area contributed by atoms with Crippen molar-refractivity contribution in [3.8, 4) is 0 Å². The van der Waals surface area contributed by atoms with Crippen LogP contribution in [0.5, 0.6) is 0 Å². The first-order valence-corrected chi connectivity index (χ1v) is 8.31. The molecule has 0 bridgehead atoms. The van der Waals surface area contributed by atoms with Gasteiger partial charge in [-0.05, 0) is 37.1 Å². The van der Waals surface area contributed by atoms with Gasteiger partial charge in [0.1, 0.15) is 12.2 Å². The van der Waals surface area contributed by atoms with E-state index in [4.69, 9.17) is 0 Å². The molecule has 114 valence electrons. The van der Waals surface area contributed by atoms with Crippen LogP contribution in [-0.4, -0.2) is 21.3 Å². The minimum Gasteiger partial charge on any atom is -0.310 e. The molecule has 2 rings (SSSR count). The highest BCUT2D eigenvalue weighted by Gasteiger charge is 2.17. The monoisotopic (exact) mass is 350 g/mol. The molecular formula is C16H23BrN4. The van der Waals surface area contributed by atoms with Crippen molar-refractivity contribution in [3.63, 3.8) is 0 Å². The number of halogens is 1. The molecule has 5 heteroatoms. The Morgan fingerprint density at radius 1 is 1.33 bits per heavy atom. The molecule has 1 unspecified atom stereocenters. The fourth-order valence-corrected chi connectivity index (χ4v) is 2.95. The van der Waals surface area contributed by atoms with E-state index in [-0.39, 0.29) is 6.04 Å². The minimum atomic E-state index is 0.257. The van der Waals surface area contributed by atoms with Crippen molar-refractivity contribution < 1.29 is 0 Å². The molecule has 0 fully saturated rings. The molecular weight excluding hydrogens is 328 g/mol. The molecule has 0 aliphatic rings. The Labute approximate surface area is 135 Å². The summed E-state index contributed by atoms with van der Waals surface area (Å²) in [4.78, 5) is 4.43. The van der Waals surface area contributed by atoms with Gasteiger partial charge in [0.05, 0.1) is 0 Å². The Balaban J connectivity index is 2.26. The zero-order valence-corrected chi connectivity index (χ0v) is 14.5. The number of rotatable bonds is 7. The largest absolute Gasteiger partial charge is 0.310 e. The topological polar surface area (TPSA) is 42.7 Å². The number of aromatic nitrogens is 3. The summed E-state index contributed by atoms with van der Waals surface area (Å²) in [6, 6.07) is 6.62. The summed E-state index contributed by atoms with van der Waals surface area (Å²) in [6.45, 7) is 8.30. The number of nitrogens with zero attached hydrogens (tertiary/aromatic N) is 3. The van der Waals surface area contributed by atoms with Gasteiger partial charge in [0.2, 0.25) is 0 Å². The van der Waals surface area contributed by atoms with Crippen LogP contribution in [0, 0.1) is 6.92 Å². The number of aryl methyl sites for hydroxylation is 1. The highest BCUT2D eigenvalue weighted by atomic mass is 79.9. The molecule has 1 N–H and O–H groups in total. The van der Waals surface area contributed by atoms with Crippen LogP contribution >= 0.6 is 15.9 Å². The highest BCUT2D eigenvalue weighted by Crippen LogP contribution is 2.26. The Bertz CT molecular complexity index is 579. The number of likely N-dealkylation sites (N-methyl/N-ethyl adjacent to an activating group) is 1. The molecule has 21 heavy (non-hydrogen) atoms. The van der Waals surface area contributed by atoms with Crippen molar-refractivity contribution in [1.29, 1.82) is 0 Å². The lowest BCUT2D eigenvalue weighted by atomic mass is 9.98. The standard InChI is InChI=1S/C16H23BrN4/c1-4-9-21-16(19-11-20-21)10-15(18-5-2)13-7-6-8-14(17)12(13)3/h6-8,11,15,18H,4-5,9-10H2,1-3H3. The Morgan fingerprint density at radius 2 is 2.14 bits per heavy atom. The van der Waals surface area contributed by atoms with E-state index >= 15 is 0 Å². The fraction of sp³-hybridized carbons (Fsp3) is 0.500. The first-order valence-electron chi connectivity index (χ1n) is 7.52. The number of hydrogen-bond acceptors (Lipinski definition) is 3. The molecule has 1 heterocycles. The maximum atomic E-state index is 4.43. The summed E-state index contributed by atoms with van der Waals surface area (Å²) >= 11 is 3.62. The Kier molecular flexibility index (Phi) is 5.94. The lowest BCUT2D eigenvalue weighted by Crippen LogP contribution is -2.25. The van der Waals surface area contributed by atoms with Crippen molar-refractivity contribution in [2.24, 2.45) is 0 Å².